The molecule has 2 N–H and O–H groups in total. The minimum Gasteiger partial charge on any atom is -0.508 e. The Hall–Kier alpha value is -2.06. The fourth-order valence-electron chi connectivity index (χ4n) is 4.60. The Morgan fingerprint density at radius 3 is 2.50 bits per heavy atom. The highest BCUT2D eigenvalue weighted by Gasteiger charge is 2.27. The Morgan fingerprint density at radius 2 is 1.59 bits per heavy atom. The molecule has 0 amide bonds. The van der Waals surface area contributed by atoms with Crippen molar-refractivity contribution in [3.05, 3.63) is 52.6 Å². The van der Waals surface area contributed by atoms with Gasteiger partial charge in [0.1, 0.15) is 5.75 Å². The molecule has 0 saturated carbocycles. The van der Waals surface area contributed by atoms with E-state index in [9.17, 15) is 10.2 Å². The SMILES string of the molecule is Oc1ccc2c3c1CCCc3c1c3c(cccc32)[C@H](O)CC1. The van der Waals surface area contributed by atoms with Crippen LogP contribution in [0.15, 0.2) is 30.3 Å². The molecule has 0 aromatic heterocycles. The normalized spacial score (nSPS) is 19.8. The number of aryl methyl sites for hydroxylation is 3. The maximum atomic E-state index is 10.4. The average molecular weight is 290 g/mol. The van der Waals surface area contributed by atoms with Gasteiger partial charge in [-0.25, -0.2) is 0 Å². The predicted octanol–water partition coefficient (Wildman–Crippen LogP) is 4.17. The molecular weight excluding hydrogens is 272 g/mol. The monoisotopic (exact) mass is 290 g/mol. The number of hydrogen-bond donors (Lipinski definition) is 2. The molecule has 22 heavy (non-hydrogen) atoms. The summed E-state index contributed by atoms with van der Waals surface area (Å²) in [5, 5.41) is 25.7. The smallest absolute Gasteiger partial charge is 0.119 e. The lowest BCUT2D eigenvalue weighted by Gasteiger charge is -2.29. The van der Waals surface area contributed by atoms with Crippen LogP contribution in [-0.2, 0) is 19.3 Å². The van der Waals surface area contributed by atoms with E-state index in [-0.39, 0.29) is 6.10 Å². The Balaban J connectivity index is 2.09. The van der Waals surface area contributed by atoms with Gasteiger partial charge in [0.25, 0.3) is 0 Å². The van der Waals surface area contributed by atoms with Crippen molar-refractivity contribution in [1.82, 2.24) is 0 Å². The number of aliphatic hydroxyl groups excluding tert-OH is 1. The zero-order valence-electron chi connectivity index (χ0n) is 12.4. The standard InChI is InChI=1S/C20H18O2/c21-17-9-8-14-12-4-2-6-16-18(22)10-7-13(20(12)16)11-3-1-5-15(17)19(11)14/h1,3,5,7,10,17,21-22H,2,4,6,8-9H2/t17-/m1/s1. The van der Waals surface area contributed by atoms with Crippen molar-refractivity contribution in [2.45, 2.75) is 38.2 Å². The third-order valence-corrected chi connectivity index (χ3v) is 5.52. The van der Waals surface area contributed by atoms with E-state index in [0.29, 0.717) is 5.75 Å². The molecule has 0 aliphatic heterocycles. The number of phenols is 1. The lowest BCUT2D eigenvalue weighted by molar-refractivity contribution is 0.166. The quantitative estimate of drug-likeness (QED) is 0.610. The van der Waals surface area contributed by atoms with Crippen molar-refractivity contribution < 1.29 is 10.2 Å². The van der Waals surface area contributed by atoms with Crippen LogP contribution in [0.25, 0.3) is 21.5 Å². The van der Waals surface area contributed by atoms with Crippen LogP contribution in [0.4, 0.5) is 0 Å². The van der Waals surface area contributed by atoms with Gasteiger partial charge in [-0.3, -0.25) is 0 Å². The van der Waals surface area contributed by atoms with E-state index in [1.54, 1.807) is 0 Å². The Labute approximate surface area is 129 Å². The Kier molecular flexibility index (Phi) is 2.40. The predicted molar refractivity (Wildman–Crippen MR) is 88.4 cm³/mol. The second kappa shape index (κ2) is 4.23. The summed E-state index contributed by atoms with van der Waals surface area (Å²) in [7, 11) is 0. The highest BCUT2D eigenvalue weighted by molar-refractivity contribution is 6.13. The molecule has 0 saturated heterocycles. The number of aromatic hydroxyl groups is 1. The van der Waals surface area contributed by atoms with Gasteiger partial charge in [0, 0.05) is 5.56 Å². The number of phenolic OH excluding ortho intramolecular Hbond substituents is 1. The van der Waals surface area contributed by atoms with Gasteiger partial charge in [-0.2, -0.15) is 0 Å². The highest BCUT2D eigenvalue weighted by Crippen LogP contribution is 2.46. The molecule has 2 aliphatic rings. The maximum Gasteiger partial charge on any atom is 0.119 e. The van der Waals surface area contributed by atoms with Gasteiger partial charge in [0.15, 0.2) is 0 Å². The number of fused-ring (bicyclic) bond motifs is 2. The molecule has 0 spiro atoms. The molecule has 5 rings (SSSR count). The molecule has 2 heteroatoms. The molecule has 1 atom stereocenters. The van der Waals surface area contributed by atoms with Crippen molar-refractivity contribution in [2.24, 2.45) is 0 Å². The van der Waals surface area contributed by atoms with Crippen LogP contribution < -0.4 is 0 Å². The van der Waals surface area contributed by atoms with E-state index in [2.05, 4.69) is 12.1 Å². The fraction of sp³-hybridized carbons (Fsp3) is 0.300. The summed E-state index contributed by atoms with van der Waals surface area (Å²) in [4.78, 5) is 0. The first-order valence-corrected chi connectivity index (χ1v) is 8.14. The molecule has 0 unspecified atom stereocenters. The molecule has 3 aromatic rings. The van der Waals surface area contributed by atoms with Crippen LogP contribution in [0.1, 0.15) is 41.2 Å². The van der Waals surface area contributed by atoms with E-state index >= 15 is 0 Å². The summed E-state index contributed by atoms with van der Waals surface area (Å²) < 4.78 is 0. The van der Waals surface area contributed by atoms with Gasteiger partial charge in [-0.15, -0.1) is 0 Å². The van der Waals surface area contributed by atoms with Gasteiger partial charge < -0.3 is 10.2 Å². The van der Waals surface area contributed by atoms with E-state index < -0.39 is 0 Å². The molecule has 0 radical (unpaired) electrons. The second-order valence-corrected chi connectivity index (χ2v) is 6.62. The van der Waals surface area contributed by atoms with Gasteiger partial charge in [-0.05, 0) is 76.4 Å². The lowest BCUT2D eigenvalue weighted by atomic mass is 9.77. The highest BCUT2D eigenvalue weighted by atomic mass is 16.3. The first kappa shape index (κ1) is 12.5. The first-order chi connectivity index (χ1) is 10.8. The molecule has 0 bridgehead atoms. The maximum absolute atomic E-state index is 10.4. The molecule has 110 valence electrons. The third kappa shape index (κ3) is 1.43. The van der Waals surface area contributed by atoms with Crippen LogP contribution in [0.5, 0.6) is 5.75 Å². The lowest BCUT2D eigenvalue weighted by Crippen LogP contribution is -2.13. The summed E-state index contributed by atoms with van der Waals surface area (Å²) in [5.74, 6) is 0.437. The summed E-state index contributed by atoms with van der Waals surface area (Å²) in [6.07, 6.45) is 4.55. The van der Waals surface area contributed by atoms with Crippen LogP contribution in [0.2, 0.25) is 0 Å². The van der Waals surface area contributed by atoms with Crippen molar-refractivity contribution in [3.63, 3.8) is 0 Å². The van der Waals surface area contributed by atoms with Crippen LogP contribution in [-0.4, -0.2) is 10.2 Å². The third-order valence-electron chi connectivity index (χ3n) is 5.52. The number of hydrogen-bond acceptors (Lipinski definition) is 2. The number of benzene rings is 3. The molecular formula is C20H18O2. The fourth-order valence-corrected chi connectivity index (χ4v) is 4.60. The summed E-state index contributed by atoms with van der Waals surface area (Å²) >= 11 is 0. The minimum absolute atomic E-state index is 0.346. The molecule has 2 aliphatic carbocycles. The van der Waals surface area contributed by atoms with Crippen LogP contribution >= 0.6 is 0 Å². The van der Waals surface area contributed by atoms with Gasteiger partial charge in [-0.1, -0.05) is 24.3 Å². The topological polar surface area (TPSA) is 40.5 Å². The summed E-state index contributed by atoms with van der Waals surface area (Å²) in [6.45, 7) is 0. The molecule has 3 aromatic carbocycles. The first-order valence-electron chi connectivity index (χ1n) is 8.14. The largest absolute Gasteiger partial charge is 0.508 e. The van der Waals surface area contributed by atoms with E-state index in [4.69, 9.17) is 0 Å². The van der Waals surface area contributed by atoms with Crippen molar-refractivity contribution in [3.8, 4) is 5.75 Å². The molecule has 0 heterocycles. The summed E-state index contributed by atoms with van der Waals surface area (Å²) in [5.41, 5.74) is 5.03. The van der Waals surface area contributed by atoms with Gasteiger partial charge >= 0.3 is 0 Å². The van der Waals surface area contributed by atoms with Crippen molar-refractivity contribution in [1.29, 1.82) is 0 Å². The second-order valence-electron chi connectivity index (χ2n) is 6.62. The van der Waals surface area contributed by atoms with Gasteiger partial charge in [0.2, 0.25) is 0 Å². The Morgan fingerprint density at radius 1 is 0.818 bits per heavy atom. The average Bonchev–Trinajstić information content (AvgIpc) is 2.55. The molecule has 0 fully saturated rings. The zero-order valence-corrected chi connectivity index (χ0v) is 12.4. The van der Waals surface area contributed by atoms with Gasteiger partial charge in [0.05, 0.1) is 6.10 Å². The number of aliphatic hydroxyl groups is 1. The van der Waals surface area contributed by atoms with Crippen LogP contribution in [0, 0.1) is 0 Å². The zero-order chi connectivity index (χ0) is 14.8. The molecule has 2 nitrogen and oxygen atoms in total. The van der Waals surface area contributed by atoms with E-state index in [1.165, 1.54) is 32.7 Å². The minimum atomic E-state index is -0.346. The van der Waals surface area contributed by atoms with Crippen LogP contribution in [0.3, 0.4) is 0 Å². The van der Waals surface area contributed by atoms with E-state index in [0.717, 1.165) is 43.2 Å². The Bertz CT molecular complexity index is 940. The van der Waals surface area contributed by atoms with Crippen molar-refractivity contribution >= 4 is 21.5 Å². The van der Waals surface area contributed by atoms with Crippen molar-refractivity contribution in [2.75, 3.05) is 0 Å². The number of rotatable bonds is 0. The summed E-state index contributed by atoms with van der Waals surface area (Å²) in [6, 6.07) is 10.2. The van der Waals surface area contributed by atoms with E-state index in [1.807, 2.05) is 18.2 Å².